The zero-order valence-corrected chi connectivity index (χ0v) is 7.07. The van der Waals surface area contributed by atoms with Gasteiger partial charge in [0.2, 0.25) is 0 Å². The first-order valence-electron chi connectivity index (χ1n) is 3.73. The van der Waals surface area contributed by atoms with E-state index < -0.39 is 0 Å². The van der Waals surface area contributed by atoms with E-state index in [2.05, 4.69) is 10.1 Å². The fourth-order valence-corrected chi connectivity index (χ4v) is 1.32. The molecule has 2 N–H and O–H groups in total. The van der Waals surface area contributed by atoms with Gasteiger partial charge in [0.05, 0.1) is 23.1 Å². The van der Waals surface area contributed by atoms with Crippen LogP contribution in [-0.2, 0) is 7.05 Å². The number of aromatic nitrogens is 3. The van der Waals surface area contributed by atoms with Crippen molar-refractivity contribution in [2.24, 2.45) is 7.05 Å². The first-order valence-corrected chi connectivity index (χ1v) is 3.73. The summed E-state index contributed by atoms with van der Waals surface area (Å²) in [5, 5.41) is 4.23. The monoisotopic (exact) mass is 162 g/mol. The average Bonchev–Trinajstić information content (AvgIpc) is 2.28. The molecular weight excluding hydrogens is 152 g/mol. The van der Waals surface area contributed by atoms with Crippen LogP contribution in [0, 0.1) is 6.92 Å². The van der Waals surface area contributed by atoms with E-state index in [0.717, 1.165) is 16.7 Å². The molecular formula is C8H10N4. The molecule has 0 amide bonds. The van der Waals surface area contributed by atoms with Crippen LogP contribution < -0.4 is 5.73 Å². The van der Waals surface area contributed by atoms with Crippen molar-refractivity contribution in [2.45, 2.75) is 6.92 Å². The van der Waals surface area contributed by atoms with E-state index in [0.29, 0.717) is 5.69 Å². The van der Waals surface area contributed by atoms with Crippen molar-refractivity contribution in [3.05, 3.63) is 18.0 Å². The van der Waals surface area contributed by atoms with Gasteiger partial charge in [-0.05, 0) is 13.0 Å². The number of hydrogen-bond acceptors (Lipinski definition) is 3. The summed E-state index contributed by atoms with van der Waals surface area (Å²) in [4.78, 5) is 4.19. The molecule has 62 valence electrons. The molecule has 0 aliphatic heterocycles. The van der Waals surface area contributed by atoms with Crippen molar-refractivity contribution < 1.29 is 0 Å². The standard InChI is InChI=1S/C8H10N4/c1-5-8-7(12(2)11-5)3-6(9)4-10-8/h3-4H,9H2,1-2H3. The highest BCUT2D eigenvalue weighted by Crippen LogP contribution is 2.16. The lowest BCUT2D eigenvalue weighted by atomic mass is 10.3. The molecule has 0 aromatic carbocycles. The minimum atomic E-state index is 0.672. The summed E-state index contributed by atoms with van der Waals surface area (Å²) in [6, 6.07) is 1.88. The molecule has 0 aliphatic rings. The number of aryl methyl sites for hydroxylation is 2. The Morgan fingerprint density at radius 3 is 3.00 bits per heavy atom. The van der Waals surface area contributed by atoms with Gasteiger partial charge in [-0.2, -0.15) is 5.10 Å². The molecule has 2 rings (SSSR count). The SMILES string of the molecule is Cc1nn(C)c2cc(N)cnc12. The summed E-state index contributed by atoms with van der Waals surface area (Å²) in [7, 11) is 1.89. The van der Waals surface area contributed by atoms with E-state index in [-0.39, 0.29) is 0 Å². The van der Waals surface area contributed by atoms with Gasteiger partial charge in [-0.1, -0.05) is 0 Å². The van der Waals surface area contributed by atoms with Crippen molar-refractivity contribution in [1.82, 2.24) is 14.8 Å². The Labute approximate surface area is 70.0 Å². The molecule has 0 radical (unpaired) electrons. The highest BCUT2D eigenvalue weighted by atomic mass is 15.3. The van der Waals surface area contributed by atoms with Crippen LogP contribution in [0.15, 0.2) is 12.3 Å². The normalized spacial score (nSPS) is 10.8. The lowest BCUT2D eigenvalue weighted by molar-refractivity contribution is 0.783. The van der Waals surface area contributed by atoms with Crippen LogP contribution in [-0.4, -0.2) is 14.8 Å². The van der Waals surface area contributed by atoms with Gasteiger partial charge in [0.15, 0.2) is 0 Å². The molecule has 2 aromatic heterocycles. The molecule has 2 heterocycles. The molecule has 2 aromatic rings. The molecule has 0 bridgehead atoms. The summed E-state index contributed by atoms with van der Waals surface area (Å²) < 4.78 is 1.79. The quantitative estimate of drug-likeness (QED) is 0.625. The number of nitrogen functional groups attached to an aromatic ring is 1. The first kappa shape index (κ1) is 7.09. The Hall–Kier alpha value is -1.58. The molecule has 0 fully saturated rings. The van der Waals surface area contributed by atoms with Gasteiger partial charge in [-0.25, -0.2) is 0 Å². The Morgan fingerprint density at radius 2 is 2.25 bits per heavy atom. The maximum Gasteiger partial charge on any atom is 0.111 e. The minimum Gasteiger partial charge on any atom is -0.397 e. The zero-order valence-electron chi connectivity index (χ0n) is 7.07. The van der Waals surface area contributed by atoms with Crippen LogP contribution in [0.3, 0.4) is 0 Å². The van der Waals surface area contributed by atoms with E-state index in [4.69, 9.17) is 5.73 Å². The number of anilines is 1. The summed E-state index contributed by atoms with van der Waals surface area (Å²) >= 11 is 0. The van der Waals surface area contributed by atoms with E-state index in [1.807, 2.05) is 20.0 Å². The third kappa shape index (κ3) is 0.845. The third-order valence-corrected chi connectivity index (χ3v) is 1.88. The zero-order chi connectivity index (χ0) is 8.72. The van der Waals surface area contributed by atoms with Crippen molar-refractivity contribution >= 4 is 16.7 Å². The third-order valence-electron chi connectivity index (χ3n) is 1.88. The Kier molecular flexibility index (Phi) is 1.30. The second-order valence-electron chi connectivity index (χ2n) is 2.85. The fourth-order valence-electron chi connectivity index (χ4n) is 1.32. The van der Waals surface area contributed by atoms with Gasteiger partial charge in [-0.15, -0.1) is 0 Å². The van der Waals surface area contributed by atoms with Gasteiger partial charge in [0.1, 0.15) is 5.52 Å². The topological polar surface area (TPSA) is 56.7 Å². The maximum absolute atomic E-state index is 5.60. The summed E-state index contributed by atoms with van der Waals surface area (Å²) in [5.41, 5.74) is 9.11. The fraction of sp³-hybridized carbons (Fsp3) is 0.250. The summed E-state index contributed by atoms with van der Waals surface area (Å²) in [6.45, 7) is 1.94. The number of rotatable bonds is 0. The molecule has 0 unspecified atom stereocenters. The van der Waals surface area contributed by atoms with Gasteiger partial charge in [-0.3, -0.25) is 9.67 Å². The van der Waals surface area contributed by atoms with Crippen molar-refractivity contribution in [3.63, 3.8) is 0 Å². The van der Waals surface area contributed by atoms with E-state index in [1.165, 1.54) is 0 Å². The molecule has 0 saturated heterocycles. The molecule has 0 atom stereocenters. The number of fused-ring (bicyclic) bond motifs is 1. The highest BCUT2D eigenvalue weighted by Gasteiger charge is 2.04. The number of hydrogen-bond donors (Lipinski definition) is 1. The number of nitrogens with two attached hydrogens (primary N) is 1. The average molecular weight is 162 g/mol. The van der Waals surface area contributed by atoms with Crippen molar-refractivity contribution in [2.75, 3.05) is 5.73 Å². The lowest BCUT2D eigenvalue weighted by Gasteiger charge is -1.94. The smallest absolute Gasteiger partial charge is 0.111 e. The van der Waals surface area contributed by atoms with Crippen LogP contribution >= 0.6 is 0 Å². The molecule has 0 saturated carbocycles. The van der Waals surface area contributed by atoms with E-state index in [9.17, 15) is 0 Å². The number of nitrogens with zero attached hydrogens (tertiary/aromatic N) is 3. The molecule has 12 heavy (non-hydrogen) atoms. The second kappa shape index (κ2) is 2.20. The predicted octanol–water partition coefficient (Wildman–Crippen LogP) is 0.859. The van der Waals surface area contributed by atoms with Crippen LogP contribution in [0.2, 0.25) is 0 Å². The van der Waals surface area contributed by atoms with Crippen molar-refractivity contribution in [1.29, 1.82) is 0 Å². The largest absolute Gasteiger partial charge is 0.397 e. The van der Waals surface area contributed by atoms with E-state index in [1.54, 1.807) is 10.9 Å². The summed E-state index contributed by atoms with van der Waals surface area (Å²) in [5.74, 6) is 0. The van der Waals surface area contributed by atoms with Crippen molar-refractivity contribution in [3.8, 4) is 0 Å². The summed E-state index contributed by atoms with van der Waals surface area (Å²) in [6.07, 6.45) is 1.65. The Morgan fingerprint density at radius 1 is 1.50 bits per heavy atom. The molecule has 4 heteroatoms. The van der Waals surface area contributed by atoms with Gasteiger partial charge in [0, 0.05) is 7.05 Å². The molecule has 4 nitrogen and oxygen atoms in total. The van der Waals surface area contributed by atoms with Crippen LogP contribution in [0.5, 0.6) is 0 Å². The minimum absolute atomic E-state index is 0.672. The predicted molar refractivity (Wildman–Crippen MR) is 47.7 cm³/mol. The molecule has 0 spiro atoms. The van der Waals surface area contributed by atoms with Gasteiger partial charge >= 0.3 is 0 Å². The van der Waals surface area contributed by atoms with E-state index >= 15 is 0 Å². The lowest BCUT2D eigenvalue weighted by Crippen LogP contribution is -1.91. The van der Waals surface area contributed by atoms with Crippen LogP contribution in [0.4, 0.5) is 5.69 Å². The Balaban J connectivity index is 2.90. The van der Waals surface area contributed by atoms with Crippen LogP contribution in [0.25, 0.3) is 11.0 Å². The first-order chi connectivity index (χ1) is 5.68. The Bertz CT molecular complexity index is 430. The molecule has 0 aliphatic carbocycles. The van der Waals surface area contributed by atoms with Gasteiger partial charge < -0.3 is 5.73 Å². The highest BCUT2D eigenvalue weighted by molar-refractivity contribution is 5.79. The van der Waals surface area contributed by atoms with Gasteiger partial charge in [0.25, 0.3) is 0 Å². The number of pyridine rings is 1. The van der Waals surface area contributed by atoms with Crippen LogP contribution in [0.1, 0.15) is 5.69 Å². The maximum atomic E-state index is 5.60. The second-order valence-corrected chi connectivity index (χ2v) is 2.85.